The number of rotatable bonds is 4. The molecule has 0 aliphatic rings. The van der Waals surface area contributed by atoms with Crippen molar-refractivity contribution in [2.45, 2.75) is 25.2 Å². The fourth-order valence-electron chi connectivity index (χ4n) is 2.22. The third-order valence-corrected chi connectivity index (χ3v) is 4.79. The highest BCUT2D eigenvalue weighted by molar-refractivity contribution is 7.92. The van der Waals surface area contributed by atoms with Crippen LogP contribution in [0.15, 0.2) is 51.8 Å². The molecule has 0 amide bonds. The topological polar surface area (TPSA) is 72.2 Å². The SMILES string of the molecule is CCc1ccc(S(=O)(=O)Nc2ccc3oc(C)nc3c2)cc1. The van der Waals surface area contributed by atoms with E-state index in [9.17, 15) is 8.42 Å². The lowest BCUT2D eigenvalue weighted by Crippen LogP contribution is -2.12. The summed E-state index contributed by atoms with van der Waals surface area (Å²) < 4.78 is 32.7. The van der Waals surface area contributed by atoms with Crippen LogP contribution >= 0.6 is 0 Å². The van der Waals surface area contributed by atoms with E-state index in [0.717, 1.165) is 12.0 Å². The third-order valence-electron chi connectivity index (χ3n) is 3.39. The molecule has 1 aromatic heterocycles. The Morgan fingerprint density at radius 1 is 1.14 bits per heavy atom. The third kappa shape index (κ3) is 2.82. The predicted molar refractivity (Wildman–Crippen MR) is 85.4 cm³/mol. The molecule has 0 spiro atoms. The van der Waals surface area contributed by atoms with Crippen molar-refractivity contribution < 1.29 is 12.8 Å². The van der Waals surface area contributed by atoms with Crippen molar-refractivity contribution in [1.82, 2.24) is 4.98 Å². The molecule has 3 aromatic rings. The van der Waals surface area contributed by atoms with Crippen LogP contribution in [0.25, 0.3) is 11.1 Å². The number of oxazole rings is 1. The van der Waals surface area contributed by atoms with Crippen LogP contribution in [0.5, 0.6) is 0 Å². The van der Waals surface area contributed by atoms with Crippen molar-refractivity contribution in [3.05, 3.63) is 53.9 Å². The normalized spacial score (nSPS) is 11.7. The largest absolute Gasteiger partial charge is 0.441 e. The van der Waals surface area contributed by atoms with E-state index in [2.05, 4.69) is 9.71 Å². The van der Waals surface area contributed by atoms with Crippen LogP contribution in [0, 0.1) is 6.92 Å². The Kier molecular flexibility index (Phi) is 3.62. The van der Waals surface area contributed by atoms with E-state index in [0.29, 0.717) is 22.7 Å². The summed E-state index contributed by atoms with van der Waals surface area (Å²) in [4.78, 5) is 4.43. The van der Waals surface area contributed by atoms with Gasteiger partial charge in [0.05, 0.1) is 10.6 Å². The van der Waals surface area contributed by atoms with Gasteiger partial charge in [0, 0.05) is 6.92 Å². The van der Waals surface area contributed by atoms with Gasteiger partial charge in [-0.15, -0.1) is 0 Å². The van der Waals surface area contributed by atoms with E-state index in [4.69, 9.17) is 4.42 Å². The van der Waals surface area contributed by atoms with Gasteiger partial charge >= 0.3 is 0 Å². The summed E-state index contributed by atoms with van der Waals surface area (Å²) in [5, 5.41) is 0. The zero-order chi connectivity index (χ0) is 15.7. The second kappa shape index (κ2) is 5.46. The number of hydrogen-bond donors (Lipinski definition) is 1. The minimum absolute atomic E-state index is 0.237. The first kappa shape index (κ1) is 14.6. The average molecular weight is 316 g/mol. The number of aryl methyl sites for hydroxylation is 2. The van der Waals surface area contributed by atoms with E-state index in [1.165, 1.54) is 0 Å². The first-order chi connectivity index (χ1) is 10.5. The van der Waals surface area contributed by atoms with Crippen molar-refractivity contribution in [2.75, 3.05) is 4.72 Å². The van der Waals surface area contributed by atoms with Gasteiger partial charge in [-0.3, -0.25) is 4.72 Å². The summed E-state index contributed by atoms with van der Waals surface area (Å²) in [5.41, 5.74) is 2.81. The Morgan fingerprint density at radius 2 is 1.86 bits per heavy atom. The van der Waals surface area contributed by atoms with Gasteiger partial charge in [-0.2, -0.15) is 0 Å². The van der Waals surface area contributed by atoms with Crippen LogP contribution < -0.4 is 4.72 Å². The minimum atomic E-state index is -3.61. The molecule has 6 heteroatoms. The molecule has 114 valence electrons. The van der Waals surface area contributed by atoms with Gasteiger partial charge in [0.2, 0.25) is 0 Å². The van der Waals surface area contributed by atoms with E-state index in [-0.39, 0.29) is 4.90 Å². The van der Waals surface area contributed by atoms with Crippen LogP contribution in [0.3, 0.4) is 0 Å². The average Bonchev–Trinajstić information content (AvgIpc) is 2.86. The fraction of sp³-hybridized carbons (Fsp3) is 0.188. The van der Waals surface area contributed by atoms with Crippen molar-refractivity contribution in [3.63, 3.8) is 0 Å². The number of sulfonamides is 1. The summed E-state index contributed by atoms with van der Waals surface area (Å²) in [6.45, 7) is 3.77. The molecule has 1 heterocycles. The molecule has 3 rings (SSSR count). The zero-order valence-electron chi connectivity index (χ0n) is 12.3. The molecule has 5 nitrogen and oxygen atoms in total. The van der Waals surface area contributed by atoms with E-state index >= 15 is 0 Å². The quantitative estimate of drug-likeness (QED) is 0.799. The summed E-state index contributed by atoms with van der Waals surface area (Å²) in [5.74, 6) is 0.546. The number of aromatic nitrogens is 1. The molecule has 0 unspecified atom stereocenters. The molecular weight excluding hydrogens is 300 g/mol. The molecule has 0 saturated carbocycles. The fourth-order valence-corrected chi connectivity index (χ4v) is 3.27. The highest BCUT2D eigenvalue weighted by Gasteiger charge is 2.14. The van der Waals surface area contributed by atoms with E-state index < -0.39 is 10.0 Å². The predicted octanol–water partition coefficient (Wildman–Crippen LogP) is 3.50. The molecule has 0 aliphatic carbocycles. The molecule has 0 radical (unpaired) electrons. The Bertz CT molecular complexity index is 912. The smallest absolute Gasteiger partial charge is 0.261 e. The van der Waals surface area contributed by atoms with Gasteiger partial charge in [-0.05, 0) is 42.3 Å². The Hall–Kier alpha value is -2.34. The number of fused-ring (bicyclic) bond motifs is 1. The van der Waals surface area contributed by atoms with Gasteiger partial charge in [0.25, 0.3) is 10.0 Å². The van der Waals surface area contributed by atoms with Gasteiger partial charge in [0.1, 0.15) is 5.52 Å². The Balaban J connectivity index is 1.91. The highest BCUT2D eigenvalue weighted by atomic mass is 32.2. The van der Waals surface area contributed by atoms with Crippen LogP contribution in [-0.4, -0.2) is 13.4 Å². The number of nitrogens with zero attached hydrogens (tertiary/aromatic N) is 1. The van der Waals surface area contributed by atoms with Gasteiger partial charge in [-0.1, -0.05) is 19.1 Å². The Morgan fingerprint density at radius 3 is 2.55 bits per heavy atom. The first-order valence-corrected chi connectivity index (χ1v) is 8.45. The molecule has 0 fully saturated rings. The maximum atomic E-state index is 12.4. The van der Waals surface area contributed by atoms with Gasteiger partial charge < -0.3 is 4.42 Å². The lowest BCUT2D eigenvalue weighted by molar-refractivity contribution is 0.561. The maximum Gasteiger partial charge on any atom is 0.261 e. The second-order valence-corrected chi connectivity index (χ2v) is 6.70. The zero-order valence-corrected chi connectivity index (χ0v) is 13.1. The highest BCUT2D eigenvalue weighted by Crippen LogP contribution is 2.22. The van der Waals surface area contributed by atoms with Gasteiger partial charge in [-0.25, -0.2) is 13.4 Å². The molecule has 0 atom stereocenters. The van der Waals surface area contributed by atoms with Crippen molar-refractivity contribution in [3.8, 4) is 0 Å². The molecule has 1 N–H and O–H groups in total. The number of hydrogen-bond acceptors (Lipinski definition) is 4. The van der Waals surface area contributed by atoms with Crippen molar-refractivity contribution >= 4 is 26.8 Å². The summed E-state index contributed by atoms with van der Waals surface area (Å²) in [6.07, 6.45) is 0.871. The molecule has 2 aromatic carbocycles. The van der Waals surface area contributed by atoms with Crippen LogP contribution in [-0.2, 0) is 16.4 Å². The van der Waals surface area contributed by atoms with Crippen LogP contribution in [0.4, 0.5) is 5.69 Å². The van der Waals surface area contributed by atoms with Crippen molar-refractivity contribution in [1.29, 1.82) is 0 Å². The standard InChI is InChI=1S/C16H16N2O3S/c1-3-12-4-7-14(8-5-12)22(19,20)18-13-6-9-16-15(10-13)17-11(2)21-16/h4-10,18H,3H2,1-2H3. The number of anilines is 1. The summed E-state index contributed by atoms with van der Waals surface area (Å²) in [7, 11) is -3.61. The first-order valence-electron chi connectivity index (χ1n) is 6.97. The molecule has 0 aliphatic heterocycles. The number of benzene rings is 2. The lowest BCUT2D eigenvalue weighted by atomic mass is 10.2. The minimum Gasteiger partial charge on any atom is -0.441 e. The summed E-state index contributed by atoms with van der Waals surface area (Å²) >= 11 is 0. The van der Waals surface area contributed by atoms with Gasteiger partial charge in [0.15, 0.2) is 11.5 Å². The maximum absolute atomic E-state index is 12.4. The molecular formula is C16H16N2O3S. The van der Waals surface area contributed by atoms with Crippen LogP contribution in [0.1, 0.15) is 18.4 Å². The lowest BCUT2D eigenvalue weighted by Gasteiger charge is -2.08. The van der Waals surface area contributed by atoms with Crippen LogP contribution in [0.2, 0.25) is 0 Å². The molecule has 22 heavy (non-hydrogen) atoms. The van der Waals surface area contributed by atoms with E-state index in [1.54, 1.807) is 37.3 Å². The monoisotopic (exact) mass is 316 g/mol. The van der Waals surface area contributed by atoms with E-state index in [1.807, 2.05) is 19.1 Å². The summed E-state index contributed by atoms with van der Waals surface area (Å²) in [6, 6.07) is 11.9. The second-order valence-electron chi connectivity index (χ2n) is 5.02. The Labute approximate surface area is 129 Å². The number of nitrogens with one attached hydrogen (secondary N) is 1. The molecule has 0 saturated heterocycles. The molecule has 0 bridgehead atoms. The van der Waals surface area contributed by atoms with Crippen molar-refractivity contribution in [2.24, 2.45) is 0 Å².